The van der Waals surface area contributed by atoms with E-state index < -0.39 is 0 Å². The van der Waals surface area contributed by atoms with Crippen LogP contribution in [0.1, 0.15) is 311 Å². The smallest absolute Gasteiger partial charge is 0.252 e. The maximum Gasteiger partial charge on any atom is 0.252 e. The molecule has 13 rings (SSSR count). The van der Waals surface area contributed by atoms with Gasteiger partial charge in [-0.15, -0.1) is 0 Å². The van der Waals surface area contributed by atoms with Gasteiger partial charge in [0.05, 0.1) is 12.1 Å². The van der Waals surface area contributed by atoms with Crippen LogP contribution in [0.4, 0.5) is 0 Å². The van der Waals surface area contributed by atoms with E-state index in [0.717, 1.165) is 0 Å². The van der Waals surface area contributed by atoms with Crippen molar-refractivity contribution in [3.63, 3.8) is 0 Å². The van der Waals surface area contributed by atoms with E-state index in [0.29, 0.717) is 11.1 Å². The normalized spacial score (nSPS) is 8.61. The van der Waals surface area contributed by atoms with Gasteiger partial charge in [-0.05, 0) is 96.0 Å². The average molecular weight is 1500 g/mol. The molecule has 616 valence electrons. The van der Waals surface area contributed by atoms with Gasteiger partial charge >= 0.3 is 0 Å². The van der Waals surface area contributed by atoms with Gasteiger partial charge in [0, 0.05) is 5.56 Å². The number of nitrogens with one attached hydrogen (secondary N) is 1. The van der Waals surface area contributed by atoms with E-state index in [1.165, 1.54) is 74.7 Å². The zero-order valence-corrected chi connectivity index (χ0v) is 78.5. The van der Waals surface area contributed by atoms with Gasteiger partial charge in [-0.3, -0.25) is 9.59 Å². The zero-order chi connectivity index (χ0) is 87.1. The molecule has 0 saturated carbocycles. The SMILES string of the molecule is CC.CC.CC.CC.CC.CC.CC.CC.CC.CC.CC.CC.CC.CC.CC.CC.CC.CC.Cc1ccccc1.Cc1ccccc1.Cc1ccccc1.O=C1CNC(=O)c2ccccc21.c1ccc2c(c1)CCCC2.c1ccc2ccccc2c1.c1ccc2ccccc2c1.c1ccc2ccccc2c1. The average Bonchev–Trinajstić information content (AvgIpc) is 0.763. The van der Waals surface area contributed by atoms with E-state index >= 15 is 0 Å². The van der Waals surface area contributed by atoms with Gasteiger partial charge in [-0.2, -0.15) is 0 Å². The Morgan fingerprint density at radius 3 is 0.514 bits per heavy atom. The van der Waals surface area contributed by atoms with E-state index in [9.17, 15) is 9.59 Å². The van der Waals surface area contributed by atoms with Gasteiger partial charge in [0.15, 0.2) is 5.78 Å². The molecule has 0 radical (unpaired) electrons. The van der Waals surface area contributed by atoms with Crippen LogP contribution in [0.15, 0.2) is 285 Å². The van der Waals surface area contributed by atoms with Crippen LogP contribution >= 0.6 is 0 Å². The molecule has 1 aliphatic heterocycles. The Bertz CT molecular complexity index is 2800. The van der Waals surface area contributed by atoms with Gasteiger partial charge in [-0.1, -0.05) is 545 Å². The summed E-state index contributed by atoms with van der Waals surface area (Å²) in [7, 11) is 0. The second-order valence-electron chi connectivity index (χ2n) is 17.6. The Morgan fingerprint density at radius 1 is 0.193 bits per heavy atom. The third-order valence-electron chi connectivity index (χ3n) is 11.9. The van der Waals surface area contributed by atoms with E-state index in [1.54, 1.807) is 35.4 Å². The summed E-state index contributed by atoms with van der Waals surface area (Å²) in [6, 6.07) is 96.6. The lowest BCUT2D eigenvalue weighted by molar-refractivity contribution is 0.0877. The fourth-order valence-corrected chi connectivity index (χ4v) is 7.95. The first-order valence-corrected chi connectivity index (χ1v) is 43.2. The van der Waals surface area contributed by atoms with Crippen LogP contribution in [-0.2, 0) is 12.8 Å². The van der Waals surface area contributed by atoms with Crippen molar-refractivity contribution < 1.29 is 9.59 Å². The summed E-state index contributed by atoms with van der Waals surface area (Å²) in [6.45, 7) is 78.4. The van der Waals surface area contributed by atoms with Gasteiger partial charge < -0.3 is 5.32 Å². The largest absolute Gasteiger partial charge is 0.345 e. The van der Waals surface area contributed by atoms with E-state index in [2.05, 4.69) is 232 Å². The van der Waals surface area contributed by atoms with Crippen LogP contribution in [0.2, 0.25) is 0 Å². The van der Waals surface area contributed by atoms with Crippen molar-refractivity contribution in [2.24, 2.45) is 0 Å². The summed E-state index contributed by atoms with van der Waals surface area (Å²) in [5.41, 5.74) is 8.13. The molecule has 0 bridgehead atoms. The summed E-state index contributed by atoms with van der Waals surface area (Å²) in [4.78, 5) is 22.4. The van der Waals surface area contributed by atoms with Crippen molar-refractivity contribution >= 4 is 44.0 Å². The molecule has 0 unspecified atom stereocenters. The number of ketones is 1. The summed E-state index contributed by atoms with van der Waals surface area (Å²) in [5, 5.41) is 10.4. The van der Waals surface area contributed by atoms with Crippen LogP contribution in [0.25, 0.3) is 32.3 Å². The molecule has 1 aliphatic carbocycles. The molecule has 1 N–H and O–H groups in total. The van der Waals surface area contributed by atoms with Gasteiger partial charge in [-0.25, -0.2) is 0 Å². The number of aryl methyl sites for hydroxylation is 5. The number of carbonyl (C=O) groups is 2. The third-order valence-corrected chi connectivity index (χ3v) is 11.9. The summed E-state index contributed by atoms with van der Waals surface area (Å²) in [5.74, 6) is -0.185. The van der Waals surface area contributed by atoms with Crippen LogP contribution in [0.5, 0.6) is 0 Å². The Balaban J connectivity index is -0.0000000831. The molecule has 3 heteroatoms. The number of carbonyl (C=O) groups excluding carboxylic acids is 2. The number of hydrogen-bond acceptors (Lipinski definition) is 2. The second kappa shape index (κ2) is 120. The van der Waals surface area contributed by atoms with E-state index in [1.807, 2.05) is 304 Å². The van der Waals surface area contributed by atoms with Crippen molar-refractivity contribution in [1.29, 1.82) is 0 Å². The molecule has 109 heavy (non-hydrogen) atoms. The molecular formula is C106H175NO2. The minimum Gasteiger partial charge on any atom is -0.345 e. The molecule has 0 atom stereocenters. The number of rotatable bonds is 0. The highest BCUT2D eigenvalue weighted by atomic mass is 16.2. The maximum absolute atomic E-state index is 11.2. The summed E-state index contributed by atoms with van der Waals surface area (Å²) >= 11 is 0. The number of benzene rings is 11. The van der Waals surface area contributed by atoms with Crippen LogP contribution < -0.4 is 5.32 Å². The van der Waals surface area contributed by atoms with Crippen LogP contribution in [-0.4, -0.2) is 18.2 Å². The fourth-order valence-electron chi connectivity index (χ4n) is 7.95. The molecule has 3 nitrogen and oxygen atoms in total. The minimum absolute atomic E-state index is 0.0230. The molecule has 0 fully saturated rings. The molecule has 1 heterocycles. The number of fused-ring (bicyclic) bond motifs is 5. The van der Waals surface area contributed by atoms with E-state index in [4.69, 9.17) is 0 Å². The molecule has 0 saturated heterocycles. The van der Waals surface area contributed by atoms with E-state index in [-0.39, 0.29) is 18.2 Å². The Kier molecular flexibility index (Phi) is 143. The topological polar surface area (TPSA) is 46.2 Å². The minimum atomic E-state index is -0.162. The predicted octanol–water partition coefficient (Wildman–Crippen LogP) is 36.2. The molecule has 2 aliphatic rings. The Morgan fingerprint density at radius 2 is 0.349 bits per heavy atom. The molecule has 11 aromatic carbocycles. The van der Waals surface area contributed by atoms with Crippen LogP contribution in [0, 0.1) is 20.8 Å². The first-order valence-electron chi connectivity index (χ1n) is 43.2. The first kappa shape index (κ1) is 130. The van der Waals surface area contributed by atoms with Crippen LogP contribution in [0.3, 0.4) is 0 Å². The van der Waals surface area contributed by atoms with Crippen molar-refractivity contribution in [2.75, 3.05) is 6.54 Å². The Labute approximate surface area is 681 Å². The summed E-state index contributed by atoms with van der Waals surface area (Å²) < 4.78 is 0. The fraction of sp³-hybridized carbons (Fsp3) is 0.415. The number of Topliss-reactive ketones (excluding diaryl/α,β-unsaturated/α-hetero) is 1. The first-order chi connectivity index (χ1) is 53.8. The molecule has 0 spiro atoms. The standard InChI is InChI=1S/C10H12.3C10H8.C9H7NO2.3C7H8.18C2H6/c4*1-2-6-10-8-4-3-7-9(10)5-1;11-8-5-10-9(12)7-4-2-1-3-6(7)8;3*1-7-5-3-2-4-6-7;18*1-2/h1-2,5-6H,3-4,7-8H2;3*1-8H;1-4H,5H2,(H,10,12);3*2-6H,1H3;18*1-2H3. The Hall–Kier alpha value is -8.66. The van der Waals surface area contributed by atoms with Gasteiger partial charge in [0.25, 0.3) is 5.91 Å². The zero-order valence-electron chi connectivity index (χ0n) is 78.5. The van der Waals surface area contributed by atoms with Crippen molar-refractivity contribution in [2.45, 2.75) is 296 Å². The monoisotopic (exact) mass is 1490 g/mol. The molecular weight excluding hydrogens is 1320 g/mol. The van der Waals surface area contributed by atoms with Crippen molar-refractivity contribution in [3.8, 4) is 0 Å². The molecule has 11 aromatic rings. The van der Waals surface area contributed by atoms with Gasteiger partial charge in [0.2, 0.25) is 0 Å². The lowest BCUT2D eigenvalue weighted by Gasteiger charge is -2.13. The van der Waals surface area contributed by atoms with Crippen molar-refractivity contribution in [3.05, 3.63) is 324 Å². The quantitative estimate of drug-likeness (QED) is 0.164. The highest BCUT2D eigenvalue weighted by molar-refractivity contribution is 6.13. The number of hydrogen-bond donors (Lipinski definition) is 1. The van der Waals surface area contributed by atoms with Gasteiger partial charge in [0.1, 0.15) is 0 Å². The second-order valence-corrected chi connectivity index (χ2v) is 17.6. The predicted molar refractivity (Wildman–Crippen MR) is 516 cm³/mol. The lowest BCUT2D eigenvalue weighted by Crippen LogP contribution is -2.36. The molecule has 0 aromatic heterocycles. The maximum atomic E-state index is 11.2. The third kappa shape index (κ3) is 75.9. The summed E-state index contributed by atoms with van der Waals surface area (Å²) in [6.07, 6.45) is 5.38. The highest BCUT2D eigenvalue weighted by Crippen LogP contribution is 2.20. The highest BCUT2D eigenvalue weighted by Gasteiger charge is 2.21. The van der Waals surface area contributed by atoms with Crippen molar-refractivity contribution in [1.82, 2.24) is 5.32 Å². The number of amides is 1. The lowest BCUT2D eigenvalue weighted by atomic mass is 9.92. The molecule has 1 amide bonds.